The number of aromatic nitrogens is 1. The molecule has 3 aliphatic heterocycles. The summed E-state index contributed by atoms with van der Waals surface area (Å²) < 4.78 is 43.9. The Morgan fingerprint density at radius 1 is 1.16 bits per heavy atom. The summed E-state index contributed by atoms with van der Waals surface area (Å²) >= 11 is 0. The fourth-order valence-electron chi connectivity index (χ4n) is 4.16. The summed E-state index contributed by atoms with van der Waals surface area (Å²) in [6, 6.07) is 6.08. The maximum absolute atomic E-state index is 12.5. The zero-order chi connectivity index (χ0) is 23.2. The van der Waals surface area contributed by atoms with Crippen LogP contribution >= 0.6 is 0 Å². The molecule has 1 N–H and O–H groups in total. The molecule has 3 saturated heterocycles. The number of carbonyl (C=O) groups is 2. The fraction of sp³-hybridized carbons (Fsp3) is 0.667. The third-order valence-electron chi connectivity index (χ3n) is 5.93. The molecule has 4 heterocycles. The molecule has 178 valence electrons. The average Bonchev–Trinajstić information content (AvgIpc) is 3.44. The number of ether oxygens (including phenoxy) is 2. The highest BCUT2D eigenvalue weighted by molar-refractivity contribution is 5.75. The Kier molecular flexibility index (Phi) is 7.94. The predicted molar refractivity (Wildman–Crippen MR) is 107 cm³/mol. The second-order valence-corrected chi connectivity index (χ2v) is 8.22. The van der Waals surface area contributed by atoms with E-state index in [2.05, 4.69) is 4.98 Å². The van der Waals surface area contributed by atoms with Crippen molar-refractivity contribution in [2.24, 2.45) is 0 Å². The van der Waals surface area contributed by atoms with Crippen LogP contribution in [0, 0.1) is 0 Å². The largest absolute Gasteiger partial charge is 0.490 e. The van der Waals surface area contributed by atoms with Gasteiger partial charge >= 0.3 is 18.2 Å². The van der Waals surface area contributed by atoms with Crippen LogP contribution in [0.1, 0.15) is 37.8 Å². The number of carboxylic acid groups (broad SMARTS) is 1. The van der Waals surface area contributed by atoms with Crippen LogP contribution in [0.5, 0.6) is 0 Å². The zero-order valence-electron chi connectivity index (χ0n) is 17.7. The molecule has 0 aromatic carbocycles. The number of pyridine rings is 1. The van der Waals surface area contributed by atoms with E-state index < -0.39 is 12.1 Å². The number of carboxylic acids is 1. The van der Waals surface area contributed by atoms with E-state index in [1.807, 2.05) is 28.0 Å². The van der Waals surface area contributed by atoms with Gasteiger partial charge in [0.05, 0.1) is 30.6 Å². The molecular weight excluding hydrogens is 431 g/mol. The monoisotopic (exact) mass is 459 g/mol. The highest BCUT2D eigenvalue weighted by atomic mass is 19.4. The number of rotatable bonds is 3. The Hall–Kier alpha value is -2.40. The minimum atomic E-state index is -5.08. The Bertz CT molecular complexity index is 764. The van der Waals surface area contributed by atoms with Crippen LogP contribution < -0.4 is 0 Å². The van der Waals surface area contributed by atoms with E-state index >= 15 is 0 Å². The van der Waals surface area contributed by atoms with Gasteiger partial charge in [-0.1, -0.05) is 6.07 Å². The van der Waals surface area contributed by atoms with E-state index in [0.717, 1.165) is 64.0 Å². The first-order valence-electron chi connectivity index (χ1n) is 10.7. The highest BCUT2D eigenvalue weighted by Gasteiger charge is 2.44. The Morgan fingerprint density at radius 2 is 1.78 bits per heavy atom. The minimum Gasteiger partial charge on any atom is -0.475 e. The van der Waals surface area contributed by atoms with E-state index in [1.165, 1.54) is 0 Å². The molecule has 3 fully saturated rings. The number of nitrogens with zero attached hydrogens (tertiary/aromatic N) is 3. The molecule has 4 rings (SSSR count). The molecule has 0 radical (unpaired) electrons. The summed E-state index contributed by atoms with van der Waals surface area (Å²) in [4.78, 5) is 29.7. The van der Waals surface area contributed by atoms with Gasteiger partial charge in [0.1, 0.15) is 0 Å². The van der Waals surface area contributed by atoms with Gasteiger partial charge < -0.3 is 24.4 Å². The second kappa shape index (κ2) is 10.5. The first-order valence-corrected chi connectivity index (χ1v) is 10.7. The number of aliphatic carboxylic acids is 1. The zero-order valence-corrected chi connectivity index (χ0v) is 17.7. The number of piperidine rings is 1. The van der Waals surface area contributed by atoms with E-state index in [9.17, 15) is 18.0 Å². The molecule has 0 saturated carbocycles. The van der Waals surface area contributed by atoms with Gasteiger partial charge in [-0.05, 0) is 37.8 Å². The van der Waals surface area contributed by atoms with Crippen LogP contribution in [0.15, 0.2) is 24.4 Å². The van der Waals surface area contributed by atoms with Crippen LogP contribution in [0.3, 0.4) is 0 Å². The van der Waals surface area contributed by atoms with Crippen molar-refractivity contribution in [1.29, 1.82) is 0 Å². The molecule has 1 aromatic heterocycles. The molecule has 0 aliphatic carbocycles. The van der Waals surface area contributed by atoms with Gasteiger partial charge in [0, 0.05) is 38.8 Å². The first-order chi connectivity index (χ1) is 15.2. The summed E-state index contributed by atoms with van der Waals surface area (Å²) in [5, 5.41) is 7.12. The molecule has 8 nitrogen and oxygen atoms in total. The van der Waals surface area contributed by atoms with Crippen molar-refractivity contribution >= 4 is 12.0 Å². The molecule has 1 atom stereocenters. The van der Waals surface area contributed by atoms with Crippen LogP contribution in [0.2, 0.25) is 0 Å². The van der Waals surface area contributed by atoms with Gasteiger partial charge in [-0.2, -0.15) is 13.2 Å². The Balaban J connectivity index is 0.000000360. The van der Waals surface area contributed by atoms with Crippen molar-refractivity contribution in [3.05, 3.63) is 30.1 Å². The van der Waals surface area contributed by atoms with Gasteiger partial charge in [0.15, 0.2) is 0 Å². The van der Waals surface area contributed by atoms with E-state index in [0.29, 0.717) is 13.2 Å². The van der Waals surface area contributed by atoms with Crippen LogP contribution in [0.25, 0.3) is 0 Å². The maximum Gasteiger partial charge on any atom is 0.490 e. The smallest absolute Gasteiger partial charge is 0.475 e. The number of hydrogen-bond acceptors (Lipinski definition) is 5. The molecule has 1 unspecified atom stereocenters. The van der Waals surface area contributed by atoms with Gasteiger partial charge in [0.25, 0.3) is 0 Å². The van der Waals surface area contributed by atoms with E-state index in [4.69, 9.17) is 19.4 Å². The van der Waals surface area contributed by atoms with Crippen molar-refractivity contribution in [3.63, 3.8) is 0 Å². The molecule has 1 aromatic rings. The summed E-state index contributed by atoms with van der Waals surface area (Å²) in [5.41, 5.74) is 0.853. The molecule has 32 heavy (non-hydrogen) atoms. The molecule has 11 heteroatoms. The Morgan fingerprint density at radius 3 is 2.34 bits per heavy atom. The molecule has 3 aliphatic rings. The fourth-order valence-corrected chi connectivity index (χ4v) is 4.16. The van der Waals surface area contributed by atoms with Crippen molar-refractivity contribution in [3.8, 4) is 0 Å². The normalized spacial score (nSPS) is 22.5. The van der Waals surface area contributed by atoms with Crippen molar-refractivity contribution in [2.45, 2.75) is 56.6 Å². The highest BCUT2D eigenvalue weighted by Crippen LogP contribution is 2.37. The van der Waals surface area contributed by atoms with Gasteiger partial charge in [-0.3, -0.25) is 4.98 Å². The number of carbonyl (C=O) groups excluding carboxylic acids is 1. The number of urea groups is 1. The standard InChI is InChI=1S/C19H27N3O3.C2HF3O2/c23-18(21-9-3-4-10-21)22-11-6-19(7-12-22)13-17(15-25-19)24-14-16-5-1-2-8-20-16;3-2(4,5)1(6)7/h1-2,5,8,17H,3-4,6-7,9-15H2;(H,6,7). The third kappa shape index (κ3) is 6.55. The number of amides is 2. The summed E-state index contributed by atoms with van der Waals surface area (Å²) in [7, 11) is 0. The maximum atomic E-state index is 12.5. The van der Waals surface area contributed by atoms with Crippen molar-refractivity contribution in [1.82, 2.24) is 14.8 Å². The molecule has 2 amide bonds. The van der Waals surface area contributed by atoms with Gasteiger partial charge in [-0.25, -0.2) is 9.59 Å². The molecule has 1 spiro atoms. The SMILES string of the molecule is O=C(N1CCCC1)N1CCC2(CC1)CC(OCc1ccccn1)CO2.O=C(O)C(F)(F)F. The van der Waals surface area contributed by atoms with E-state index in [1.54, 1.807) is 6.20 Å². The third-order valence-corrected chi connectivity index (χ3v) is 5.93. The van der Waals surface area contributed by atoms with Gasteiger partial charge in [-0.15, -0.1) is 0 Å². The topological polar surface area (TPSA) is 92.2 Å². The van der Waals surface area contributed by atoms with Crippen LogP contribution in [-0.2, 0) is 20.9 Å². The van der Waals surface area contributed by atoms with Crippen molar-refractivity contribution in [2.75, 3.05) is 32.8 Å². The number of hydrogen-bond donors (Lipinski definition) is 1. The van der Waals surface area contributed by atoms with Gasteiger partial charge in [0.2, 0.25) is 0 Å². The second-order valence-electron chi connectivity index (χ2n) is 8.22. The number of likely N-dealkylation sites (tertiary alicyclic amines) is 2. The first kappa shape index (κ1) is 24.2. The lowest BCUT2D eigenvalue weighted by atomic mass is 9.88. The minimum absolute atomic E-state index is 0.101. The molecular formula is C21H28F3N3O5. The number of alkyl halides is 3. The lowest BCUT2D eigenvalue weighted by molar-refractivity contribution is -0.192. The van der Waals surface area contributed by atoms with Crippen LogP contribution in [0.4, 0.5) is 18.0 Å². The molecule has 0 bridgehead atoms. The van der Waals surface area contributed by atoms with E-state index in [-0.39, 0.29) is 17.7 Å². The summed E-state index contributed by atoms with van der Waals surface area (Å²) in [6.45, 7) is 4.60. The summed E-state index contributed by atoms with van der Waals surface area (Å²) in [6.07, 6.45) is 1.86. The number of halogens is 3. The summed E-state index contributed by atoms with van der Waals surface area (Å²) in [5.74, 6) is -2.76. The van der Waals surface area contributed by atoms with Crippen molar-refractivity contribution < 1.29 is 37.3 Å². The predicted octanol–water partition coefficient (Wildman–Crippen LogP) is 3.07. The quantitative estimate of drug-likeness (QED) is 0.747. The van der Waals surface area contributed by atoms with Crippen LogP contribution in [-0.4, -0.2) is 82.6 Å². The average molecular weight is 459 g/mol. The lowest BCUT2D eigenvalue weighted by Gasteiger charge is -2.39. The Labute approximate surface area is 184 Å². The lowest BCUT2D eigenvalue weighted by Crippen LogP contribution is -2.50.